The van der Waals surface area contributed by atoms with E-state index in [0.29, 0.717) is 12.3 Å². The lowest BCUT2D eigenvalue weighted by molar-refractivity contribution is -0.123. The molecule has 2 N–H and O–H groups in total. The quantitative estimate of drug-likeness (QED) is 0.836. The van der Waals surface area contributed by atoms with E-state index < -0.39 is 0 Å². The van der Waals surface area contributed by atoms with Crippen molar-refractivity contribution in [3.05, 3.63) is 28.8 Å². The summed E-state index contributed by atoms with van der Waals surface area (Å²) in [5.74, 6) is 0.498. The molecule has 1 aromatic carbocycles. The first-order valence-corrected chi connectivity index (χ1v) is 8.92. The first-order valence-electron chi connectivity index (χ1n) is 8.92. The fraction of sp³-hybridized carbons (Fsp3) is 0.632. The molecule has 0 radical (unpaired) electrons. The number of nitrogens with zero attached hydrogens (tertiary/aromatic N) is 2. The Labute approximate surface area is 145 Å². The molecule has 1 aromatic rings. The third-order valence-electron chi connectivity index (χ3n) is 4.94. The Balaban J connectivity index is 1.81. The van der Waals surface area contributed by atoms with E-state index in [0.717, 1.165) is 50.3 Å². The molecule has 5 heteroatoms. The highest BCUT2D eigenvalue weighted by atomic mass is 16.3. The van der Waals surface area contributed by atoms with Crippen LogP contribution in [0.4, 0.5) is 0 Å². The molecule has 1 aliphatic heterocycles. The lowest BCUT2D eigenvalue weighted by atomic mass is 10.0. The van der Waals surface area contributed by atoms with E-state index in [2.05, 4.69) is 35.0 Å². The average Bonchev–Trinajstić information content (AvgIpc) is 2.54. The average molecular weight is 333 g/mol. The summed E-state index contributed by atoms with van der Waals surface area (Å²) in [4.78, 5) is 16.5. The predicted molar refractivity (Wildman–Crippen MR) is 97.2 cm³/mol. The molecule has 1 atom stereocenters. The van der Waals surface area contributed by atoms with Crippen molar-refractivity contribution in [3.63, 3.8) is 0 Å². The zero-order valence-electron chi connectivity index (χ0n) is 15.4. The summed E-state index contributed by atoms with van der Waals surface area (Å²) in [5.41, 5.74) is 3.32. The molecule has 0 saturated carbocycles. The van der Waals surface area contributed by atoms with Crippen molar-refractivity contribution in [2.45, 2.75) is 46.7 Å². The number of piperazine rings is 1. The van der Waals surface area contributed by atoms with Gasteiger partial charge in [0.2, 0.25) is 5.91 Å². The summed E-state index contributed by atoms with van der Waals surface area (Å²) in [5, 5.41) is 13.2. The van der Waals surface area contributed by atoms with Crippen LogP contribution in [0.15, 0.2) is 12.1 Å². The fourth-order valence-electron chi connectivity index (χ4n) is 2.96. The number of hydrogen-bond donors (Lipinski definition) is 2. The van der Waals surface area contributed by atoms with Crippen molar-refractivity contribution in [2.75, 3.05) is 32.7 Å². The second kappa shape index (κ2) is 8.49. The van der Waals surface area contributed by atoms with Crippen LogP contribution in [0, 0.1) is 13.8 Å². The van der Waals surface area contributed by atoms with Crippen LogP contribution in [0.25, 0.3) is 0 Å². The number of carbonyl (C=O) groups excluding carboxylic acids is 1. The van der Waals surface area contributed by atoms with Crippen molar-refractivity contribution >= 4 is 5.91 Å². The maximum atomic E-state index is 12.0. The molecule has 1 saturated heterocycles. The molecule has 5 nitrogen and oxygen atoms in total. The van der Waals surface area contributed by atoms with Crippen LogP contribution in [-0.2, 0) is 11.3 Å². The third-order valence-corrected chi connectivity index (χ3v) is 4.94. The summed E-state index contributed by atoms with van der Waals surface area (Å²) in [7, 11) is 0. The van der Waals surface area contributed by atoms with Gasteiger partial charge < -0.3 is 10.4 Å². The number of amides is 1. The minimum Gasteiger partial charge on any atom is -0.508 e. The molecule has 1 aliphatic rings. The van der Waals surface area contributed by atoms with Crippen LogP contribution in [-0.4, -0.2) is 59.6 Å². The van der Waals surface area contributed by atoms with Crippen molar-refractivity contribution in [1.29, 1.82) is 0 Å². The van der Waals surface area contributed by atoms with Gasteiger partial charge in [0.05, 0.1) is 6.54 Å². The van der Waals surface area contributed by atoms with Gasteiger partial charge in [-0.2, -0.15) is 0 Å². The number of rotatable bonds is 6. The lowest BCUT2D eigenvalue weighted by Crippen LogP contribution is -2.49. The second-order valence-corrected chi connectivity index (χ2v) is 6.99. The van der Waals surface area contributed by atoms with Crippen molar-refractivity contribution in [3.8, 4) is 5.75 Å². The number of benzene rings is 1. The Hall–Kier alpha value is -1.59. The fourth-order valence-corrected chi connectivity index (χ4v) is 2.96. The van der Waals surface area contributed by atoms with Gasteiger partial charge >= 0.3 is 0 Å². The molecular weight excluding hydrogens is 302 g/mol. The Bertz CT molecular complexity index is 566. The largest absolute Gasteiger partial charge is 0.508 e. The van der Waals surface area contributed by atoms with Crippen molar-refractivity contribution in [2.24, 2.45) is 0 Å². The molecule has 2 rings (SSSR count). The third kappa shape index (κ3) is 5.21. The van der Waals surface area contributed by atoms with E-state index in [4.69, 9.17) is 0 Å². The van der Waals surface area contributed by atoms with Crippen LogP contribution < -0.4 is 5.32 Å². The molecular formula is C19H31N3O2. The number of carbonyl (C=O) groups is 1. The SMILES string of the molecule is CC[C@H](C)NC(=O)CN1CCN(Cc2cc(C)c(C)cc2O)CC1. The van der Waals surface area contributed by atoms with Crippen LogP contribution in [0.1, 0.15) is 37.0 Å². The monoisotopic (exact) mass is 333 g/mol. The van der Waals surface area contributed by atoms with Crippen molar-refractivity contribution in [1.82, 2.24) is 15.1 Å². The summed E-state index contributed by atoms with van der Waals surface area (Å²) >= 11 is 0. The number of hydrogen-bond acceptors (Lipinski definition) is 4. The Morgan fingerprint density at radius 2 is 1.75 bits per heavy atom. The highest BCUT2D eigenvalue weighted by Gasteiger charge is 2.20. The minimum atomic E-state index is 0.115. The van der Waals surface area contributed by atoms with Gasteiger partial charge in [-0.05, 0) is 44.4 Å². The zero-order valence-corrected chi connectivity index (χ0v) is 15.4. The molecule has 0 unspecified atom stereocenters. The van der Waals surface area contributed by atoms with Gasteiger partial charge in [-0.3, -0.25) is 14.6 Å². The summed E-state index contributed by atoms with van der Waals surface area (Å²) in [6.45, 7) is 13.1. The number of nitrogens with one attached hydrogen (secondary N) is 1. The van der Waals surface area contributed by atoms with Gasteiger partial charge in [0, 0.05) is 44.3 Å². The number of phenols is 1. The number of aromatic hydroxyl groups is 1. The van der Waals surface area contributed by atoms with Gasteiger partial charge in [0.1, 0.15) is 5.75 Å². The summed E-state index contributed by atoms with van der Waals surface area (Å²) in [6, 6.07) is 4.17. The molecule has 134 valence electrons. The minimum absolute atomic E-state index is 0.115. The molecule has 24 heavy (non-hydrogen) atoms. The lowest BCUT2D eigenvalue weighted by Gasteiger charge is -2.34. The summed E-state index contributed by atoms with van der Waals surface area (Å²) < 4.78 is 0. The molecule has 1 fully saturated rings. The summed E-state index contributed by atoms with van der Waals surface area (Å²) in [6.07, 6.45) is 0.957. The Morgan fingerprint density at radius 1 is 1.17 bits per heavy atom. The van der Waals surface area contributed by atoms with Crippen molar-refractivity contribution < 1.29 is 9.90 Å². The highest BCUT2D eigenvalue weighted by molar-refractivity contribution is 5.78. The van der Waals surface area contributed by atoms with E-state index in [1.54, 1.807) is 0 Å². The first-order chi connectivity index (χ1) is 11.4. The van der Waals surface area contributed by atoms with Crippen LogP contribution in [0.5, 0.6) is 5.75 Å². The van der Waals surface area contributed by atoms with E-state index in [-0.39, 0.29) is 11.9 Å². The smallest absolute Gasteiger partial charge is 0.234 e. The van der Waals surface area contributed by atoms with Crippen LogP contribution >= 0.6 is 0 Å². The Kier molecular flexibility index (Phi) is 6.63. The molecule has 0 bridgehead atoms. The first kappa shape index (κ1) is 18.7. The molecule has 1 heterocycles. The number of aryl methyl sites for hydroxylation is 2. The molecule has 1 amide bonds. The maximum Gasteiger partial charge on any atom is 0.234 e. The zero-order chi connectivity index (χ0) is 17.7. The molecule has 0 aromatic heterocycles. The topological polar surface area (TPSA) is 55.8 Å². The van der Waals surface area contributed by atoms with Gasteiger partial charge in [0.15, 0.2) is 0 Å². The standard InChI is InChI=1S/C19H31N3O2/c1-5-16(4)20-19(24)13-22-8-6-21(7-9-22)12-17-10-14(2)15(3)11-18(17)23/h10-11,16,23H,5-9,12-13H2,1-4H3,(H,20,24)/t16-/m0/s1. The van der Waals surface area contributed by atoms with Gasteiger partial charge in [0.25, 0.3) is 0 Å². The molecule has 0 aliphatic carbocycles. The van der Waals surface area contributed by atoms with Crippen LogP contribution in [0.3, 0.4) is 0 Å². The highest BCUT2D eigenvalue weighted by Crippen LogP contribution is 2.23. The normalized spacial score (nSPS) is 17.7. The van der Waals surface area contributed by atoms with Gasteiger partial charge in [-0.1, -0.05) is 13.0 Å². The van der Waals surface area contributed by atoms with Crippen LogP contribution in [0.2, 0.25) is 0 Å². The van der Waals surface area contributed by atoms with E-state index in [1.807, 2.05) is 19.9 Å². The van der Waals surface area contributed by atoms with Gasteiger partial charge in [-0.15, -0.1) is 0 Å². The number of phenolic OH excluding ortho intramolecular Hbond substituents is 1. The van der Waals surface area contributed by atoms with E-state index >= 15 is 0 Å². The Morgan fingerprint density at radius 3 is 2.38 bits per heavy atom. The van der Waals surface area contributed by atoms with E-state index in [9.17, 15) is 9.90 Å². The molecule has 0 spiro atoms. The predicted octanol–water partition coefficient (Wildman–Crippen LogP) is 2.04. The van der Waals surface area contributed by atoms with E-state index in [1.165, 1.54) is 5.56 Å². The second-order valence-electron chi connectivity index (χ2n) is 6.99. The van der Waals surface area contributed by atoms with Gasteiger partial charge in [-0.25, -0.2) is 0 Å². The maximum absolute atomic E-state index is 12.0.